The molecule has 0 atom stereocenters. The monoisotopic (exact) mass is 1910 g/mol. The number of nitrogens with one attached hydrogen (secondary N) is 7. The van der Waals surface area contributed by atoms with E-state index in [2.05, 4.69) is 37.2 Å². The Morgan fingerprint density at radius 1 is 0.341 bits per heavy atom. The number of carbonyl (C=O) groups excluding carboxylic acids is 8. The van der Waals surface area contributed by atoms with Crippen LogP contribution >= 0.6 is 46.4 Å². The number of ether oxygens (including phenoxy) is 3. The van der Waals surface area contributed by atoms with E-state index in [1.54, 1.807) is 136 Å². The summed E-state index contributed by atoms with van der Waals surface area (Å²) < 4.78 is 15.7. The Bertz CT molecular complexity index is 5910. The van der Waals surface area contributed by atoms with Gasteiger partial charge in [-0.05, 0) is 227 Å². The number of amides is 8. The molecule has 6 aliphatic carbocycles. The van der Waals surface area contributed by atoms with Crippen molar-refractivity contribution in [3.63, 3.8) is 0 Å². The molecule has 6 aliphatic rings. The number of halogens is 4. The molecule has 3 fully saturated rings. The molecule has 31 heteroatoms. The number of carboxylic acids is 1. The highest BCUT2D eigenvalue weighted by Crippen LogP contribution is 2.52. The Hall–Kier alpha value is -12.3. The average molecular weight is 1920 g/mol. The van der Waals surface area contributed by atoms with E-state index in [0.29, 0.717) is 98.8 Å². The second-order valence-corrected chi connectivity index (χ2v) is 38.4. The van der Waals surface area contributed by atoms with E-state index in [-0.39, 0.29) is 62.5 Å². The summed E-state index contributed by atoms with van der Waals surface area (Å²) >= 11 is 24.3. The fourth-order valence-electron chi connectivity index (χ4n) is 16.1. The quantitative estimate of drug-likeness (QED) is 0.0224. The number of carbonyl (C=O) groups is 9. The Kier molecular flexibility index (Phi) is 33.2. The highest BCUT2D eigenvalue weighted by atomic mass is 35.5. The summed E-state index contributed by atoms with van der Waals surface area (Å²) in [5, 5.41) is 65.9. The first-order chi connectivity index (χ1) is 64.1. The van der Waals surface area contributed by atoms with E-state index >= 15 is 0 Å². The lowest BCUT2D eigenvalue weighted by molar-refractivity contribution is -0.154. The summed E-state index contributed by atoms with van der Waals surface area (Å²) in [6.07, 6.45) is 3.97. The van der Waals surface area contributed by atoms with Gasteiger partial charge in [-0.15, -0.1) is 0 Å². The highest BCUT2D eigenvalue weighted by molar-refractivity contribution is 6.31. The van der Waals surface area contributed by atoms with Crippen molar-refractivity contribution in [2.45, 2.75) is 205 Å². The molecule has 0 heterocycles. The predicted molar refractivity (Wildman–Crippen MR) is 519 cm³/mol. The fourth-order valence-corrected chi connectivity index (χ4v) is 16.8. The fraction of sp³-hybridized carbons (Fsp3) is 0.337. The summed E-state index contributed by atoms with van der Waals surface area (Å²) in [5.74, 6) is -2.93. The third-order valence-corrected chi connectivity index (χ3v) is 23.9. The number of aliphatic carboxylic acids is 1. The van der Waals surface area contributed by atoms with Crippen LogP contribution in [-0.2, 0) is 112 Å². The van der Waals surface area contributed by atoms with Crippen LogP contribution in [-0.4, -0.2) is 139 Å². The molecule has 710 valence electrons. The maximum atomic E-state index is 14.1. The Morgan fingerprint density at radius 3 is 0.867 bits per heavy atom. The largest absolute Gasteiger partial charge is 0.479 e. The molecule has 0 aliphatic heterocycles. The minimum absolute atomic E-state index is 0.0575. The molecular formula is C104H115Cl4N11O16. The van der Waals surface area contributed by atoms with Crippen LogP contribution in [0.25, 0.3) is 33.4 Å². The molecule has 15 N–H and O–H groups in total. The Balaban J connectivity index is 0.000000158. The lowest BCUT2D eigenvalue weighted by atomic mass is 9.89. The number of alkyl carbamates (subject to hydrolysis) is 3. The van der Waals surface area contributed by atoms with Gasteiger partial charge < -0.3 is 93.1 Å². The van der Waals surface area contributed by atoms with Gasteiger partial charge in [0, 0.05) is 124 Å². The first kappa shape index (κ1) is 102. The van der Waals surface area contributed by atoms with Gasteiger partial charge in [0.2, 0.25) is 23.3 Å². The summed E-state index contributed by atoms with van der Waals surface area (Å²) in [6, 6.07) is 65.3. The second kappa shape index (κ2) is 44.0. The molecule has 135 heavy (non-hydrogen) atoms. The van der Waals surface area contributed by atoms with Gasteiger partial charge in [-0.25, -0.2) is 19.2 Å². The SMILES string of the molecule is CC(C)(C)OC(=O)NCc1ccc(Cl)cc1CN.CC(C)(C)OC(=O)NCc1ccc(Cl)cc1CNC(=O)CN(C(=O)C1(O)c2ccccc2-c2ccccc21)C1CC1.CC(C)(C)OC(=O)NCc1ccc(Cl)cc1CNC(=O)CNC1CC1.NCc1ccc(Cl)cc1CNC(=O)CN(C(=O)C1(O)c2ccccc2-c2ccccc21)C1CC1.O=C(O)C1(O)c2ccccc2-c2ccccc21. The predicted octanol–water partition coefficient (Wildman–Crippen LogP) is 15.8. The van der Waals surface area contributed by atoms with Gasteiger partial charge in [-0.1, -0.05) is 216 Å². The molecule has 0 radical (unpaired) electrons. The maximum Gasteiger partial charge on any atom is 0.407 e. The van der Waals surface area contributed by atoms with Crippen molar-refractivity contribution < 1.29 is 77.8 Å². The number of benzene rings is 10. The van der Waals surface area contributed by atoms with Crippen LogP contribution in [0.4, 0.5) is 14.4 Å². The molecule has 10 aromatic rings. The van der Waals surface area contributed by atoms with Crippen molar-refractivity contribution in [1.29, 1.82) is 0 Å². The number of hydrogen-bond acceptors (Lipinski definition) is 18. The Labute approximate surface area is 805 Å². The lowest BCUT2D eigenvalue weighted by Crippen LogP contribution is -2.51. The molecular weight excluding hydrogens is 1800 g/mol. The summed E-state index contributed by atoms with van der Waals surface area (Å²) in [5.41, 5.74) is 18.9. The molecule has 0 unspecified atom stereocenters. The van der Waals surface area contributed by atoms with Gasteiger partial charge in [-0.2, -0.15) is 0 Å². The van der Waals surface area contributed by atoms with Gasteiger partial charge in [0.1, 0.15) is 16.8 Å². The van der Waals surface area contributed by atoms with Gasteiger partial charge in [0.15, 0.2) is 11.2 Å². The second-order valence-electron chi connectivity index (χ2n) is 36.7. The first-order valence-electron chi connectivity index (χ1n) is 44.6. The molecule has 0 aromatic heterocycles. The molecule has 0 spiro atoms. The zero-order valence-electron chi connectivity index (χ0n) is 76.8. The van der Waals surface area contributed by atoms with Crippen LogP contribution in [0, 0.1) is 0 Å². The number of hydrogen-bond donors (Lipinski definition) is 13. The number of carboxylic acid groups (broad SMARTS) is 1. The van der Waals surface area contributed by atoms with E-state index < -0.39 is 69.7 Å². The van der Waals surface area contributed by atoms with Gasteiger partial charge in [0.05, 0.1) is 19.6 Å². The Morgan fingerprint density at radius 2 is 0.593 bits per heavy atom. The number of aliphatic hydroxyl groups is 3. The number of nitrogens with zero attached hydrogens (tertiary/aromatic N) is 2. The molecule has 16 rings (SSSR count). The average Bonchev–Trinajstić information content (AvgIpc) is 1.57. The van der Waals surface area contributed by atoms with Crippen LogP contribution < -0.4 is 48.7 Å². The zero-order chi connectivity index (χ0) is 97.5. The van der Waals surface area contributed by atoms with Crippen molar-refractivity contribution >= 4 is 100 Å². The van der Waals surface area contributed by atoms with Crippen LogP contribution in [0.1, 0.15) is 179 Å². The molecule has 8 amide bonds. The minimum atomic E-state index is -1.92. The molecule has 27 nitrogen and oxygen atoms in total. The molecule has 3 saturated carbocycles. The zero-order valence-corrected chi connectivity index (χ0v) is 79.8. The normalized spacial score (nSPS) is 14.4. The topological polar surface area (TPSA) is 405 Å². The van der Waals surface area contributed by atoms with Crippen LogP contribution in [0.3, 0.4) is 0 Å². The van der Waals surface area contributed by atoms with Gasteiger partial charge in [-0.3, -0.25) is 24.0 Å². The first-order valence-corrected chi connectivity index (χ1v) is 46.2. The number of fused-ring (bicyclic) bond motifs is 9. The smallest absolute Gasteiger partial charge is 0.407 e. The number of rotatable bonds is 26. The van der Waals surface area contributed by atoms with E-state index in [0.717, 1.165) is 116 Å². The van der Waals surface area contributed by atoms with Crippen molar-refractivity contribution in [2.75, 3.05) is 19.6 Å². The van der Waals surface area contributed by atoms with E-state index in [1.807, 2.05) is 145 Å². The third kappa shape index (κ3) is 26.1. The summed E-state index contributed by atoms with van der Waals surface area (Å²) in [4.78, 5) is 116. The standard InChI is InChI=1S/C32H34ClN3O5.C27H26ClN3O3.C18H26ClN3O3.C14H10O3.C13H19ClN2O2/c1-31(2,3)41-30(39)35-17-20-12-13-22(33)16-21(20)18-34-28(37)19-36(23-14-15-23)29(38)32(40)26-10-6-4-8-24(26)25-9-5-7-11-27(25)32;28-19-10-9-17(14-29)18(13-19)15-30-25(32)16-31(20-11-12-20)26(33)27(34)23-7-3-1-5-21(23)22-6-2-4-8-24(22)27;1-18(2,3)25-17(24)22-9-12-4-5-14(19)8-13(12)10-21-16(23)11-20-15-6-7-15;15-13(16)14(17)11-7-3-1-5-9(11)10-6-2-4-8-12(10)14;1-13(2,3)18-12(17)16-8-9-4-5-11(14)6-10(9)7-15/h4-13,16,23,40H,14-15,17-19H2,1-3H3,(H,34,37)(H,35,39);1-10,13,20,34H,11-12,14-16,29H2,(H,30,32);4-5,8,15,20H,6-7,9-11H2,1-3H3,(H,21,23)(H,22,24);1-8,17H,(H,15,16);4-6H,7-8,15H2,1-3H3,(H,16,17). The highest BCUT2D eigenvalue weighted by Gasteiger charge is 2.54. The number of nitrogens with two attached hydrogens (primary N) is 2. The van der Waals surface area contributed by atoms with Gasteiger partial charge in [0.25, 0.3) is 11.8 Å². The van der Waals surface area contributed by atoms with Crippen molar-refractivity contribution in [2.24, 2.45) is 11.5 Å². The minimum Gasteiger partial charge on any atom is -0.479 e. The summed E-state index contributed by atoms with van der Waals surface area (Å²) in [6.45, 7) is 18.6. The van der Waals surface area contributed by atoms with Crippen molar-refractivity contribution in [3.8, 4) is 33.4 Å². The van der Waals surface area contributed by atoms with Crippen molar-refractivity contribution in [3.05, 3.63) is 316 Å². The van der Waals surface area contributed by atoms with Crippen molar-refractivity contribution in [1.82, 2.24) is 47.0 Å². The molecule has 0 bridgehead atoms. The summed E-state index contributed by atoms with van der Waals surface area (Å²) in [7, 11) is 0. The van der Waals surface area contributed by atoms with E-state index in [1.165, 1.54) is 9.80 Å². The van der Waals surface area contributed by atoms with Crippen LogP contribution in [0.5, 0.6) is 0 Å². The molecule has 0 saturated heterocycles. The molecule has 10 aromatic carbocycles. The lowest BCUT2D eigenvalue weighted by Gasteiger charge is -2.32. The van der Waals surface area contributed by atoms with E-state index in [4.69, 9.17) is 72.1 Å². The van der Waals surface area contributed by atoms with E-state index in [9.17, 15) is 63.6 Å². The maximum absolute atomic E-state index is 14.1. The van der Waals surface area contributed by atoms with Crippen LogP contribution in [0.15, 0.2) is 218 Å². The third-order valence-electron chi connectivity index (χ3n) is 23.0. The van der Waals surface area contributed by atoms with Gasteiger partial charge >= 0.3 is 24.2 Å². The van der Waals surface area contributed by atoms with Crippen LogP contribution in [0.2, 0.25) is 20.1 Å².